The average Bonchev–Trinajstić information content (AvgIpc) is 2.79. The standard InChI is InChI=1S/C20H23NO3/c1-21-15-10-16(18(20(23)24-2)19(21)17(22)11-15)14-8-7-12-5-3-4-6-13(12)9-14/h3-9,15-19,22H,10-11H2,1-2H3/t15?,16-,17-,18+,19?/m1/s1. The van der Waals surface area contributed by atoms with E-state index in [1.54, 1.807) is 0 Å². The fourth-order valence-corrected chi connectivity index (χ4v) is 4.75. The summed E-state index contributed by atoms with van der Waals surface area (Å²) in [5.41, 5.74) is 1.17. The molecular formula is C20H23NO3. The Hall–Kier alpha value is -1.91. The van der Waals surface area contributed by atoms with E-state index in [0.717, 1.165) is 12.8 Å². The summed E-state index contributed by atoms with van der Waals surface area (Å²) in [5.74, 6) is -0.454. The van der Waals surface area contributed by atoms with Gasteiger partial charge in [0.2, 0.25) is 0 Å². The topological polar surface area (TPSA) is 49.8 Å². The van der Waals surface area contributed by atoms with Crippen molar-refractivity contribution in [1.82, 2.24) is 4.90 Å². The van der Waals surface area contributed by atoms with E-state index < -0.39 is 6.10 Å². The summed E-state index contributed by atoms with van der Waals surface area (Å²) in [6.45, 7) is 0. The Morgan fingerprint density at radius 1 is 1.17 bits per heavy atom. The van der Waals surface area contributed by atoms with Gasteiger partial charge in [0.1, 0.15) is 0 Å². The second kappa shape index (κ2) is 5.87. The number of benzene rings is 2. The van der Waals surface area contributed by atoms with Crippen molar-refractivity contribution in [2.24, 2.45) is 5.92 Å². The summed E-state index contributed by atoms with van der Waals surface area (Å²) in [5, 5.41) is 12.9. The maximum Gasteiger partial charge on any atom is 0.310 e. The van der Waals surface area contributed by atoms with Gasteiger partial charge in [0.05, 0.1) is 19.1 Å². The smallest absolute Gasteiger partial charge is 0.310 e. The van der Waals surface area contributed by atoms with E-state index in [-0.39, 0.29) is 23.8 Å². The molecule has 4 rings (SSSR count). The van der Waals surface area contributed by atoms with Gasteiger partial charge in [0.15, 0.2) is 0 Å². The number of aliphatic hydroxyl groups is 1. The Morgan fingerprint density at radius 3 is 2.67 bits per heavy atom. The number of piperidine rings is 1. The first-order chi connectivity index (χ1) is 11.6. The van der Waals surface area contributed by atoms with Gasteiger partial charge in [0.25, 0.3) is 0 Å². The van der Waals surface area contributed by atoms with Crippen LogP contribution in [-0.2, 0) is 9.53 Å². The molecule has 0 radical (unpaired) electrons. The molecule has 2 aliphatic heterocycles. The number of hydrogen-bond donors (Lipinski definition) is 1. The van der Waals surface area contributed by atoms with E-state index in [9.17, 15) is 9.90 Å². The second-order valence-electron chi connectivity index (χ2n) is 7.11. The summed E-state index contributed by atoms with van der Waals surface area (Å²) >= 11 is 0. The predicted octanol–water partition coefficient (Wildman–Crippen LogP) is 2.55. The molecule has 2 saturated heterocycles. The van der Waals surface area contributed by atoms with E-state index in [1.165, 1.54) is 23.4 Å². The summed E-state index contributed by atoms with van der Waals surface area (Å²) in [6, 6.07) is 14.9. The van der Waals surface area contributed by atoms with Crippen molar-refractivity contribution < 1.29 is 14.6 Å². The molecule has 0 aromatic heterocycles. The van der Waals surface area contributed by atoms with Crippen LogP contribution in [0.25, 0.3) is 10.8 Å². The number of carbonyl (C=O) groups excluding carboxylic acids is 1. The Bertz CT molecular complexity index is 774. The molecule has 2 unspecified atom stereocenters. The molecule has 2 aromatic rings. The van der Waals surface area contributed by atoms with Crippen molar-refractivity contribution in [1.29, 1.82) is 0 Å². The number of nitrogens with zero attached hydrogens (tertiary/aromatic N) is 1. The highest BCUT2D eigenvalue weighted by Gasteiger charge is 2.53. The minimum atomic E-state index is -0.463. The van der Waals surface area contributed by atoms with Crippen LogP contribution in [0, 0.1) is 5.92 Å². The van der Waals surface area contributed by atoms with Gasteiger partial charge in [-0.1, -0.05) is 42.5 Å². The minimum absolute atomic E-state index is 0.0883. The molecule has 1 N–H and O–H groups in total. The number of ether oxygens (including phenoxy) is 1. The molecule has 4 heteroatoms. The van der Waals surface area contributed by atoms with E-state index >= 15 is 0 Å². The van der Waals surface area contributed by atoms with Crippen LogP contribution in [0.3, 0.4) is 0 Å². The molecule has 126 valence electrons. The lowest BCUT2D eigenvalue weighted by molar-refractivity contribution is -0.151. The molecular weight excluding hydrogens is 302 g/mol. The Morgan fingerprint density at radius 2 is 1.92 bits per heavy atom. The maximum absolute atomic E-state index is 12.5. The molecule has 0 spiro atoms. The number of carbonyl (C=O) groups is 1. The van der Waals surface area contributed by atoms with Crippen LogP contribution in [0.4, 0.5) is 0 Å². The van der Waals surface area contributed by atoms with Crippen molar-refractivity contribution >= 4 is 16.7 Å². The van der Waals surface area contributed by atoms with Crippen molar-refractivity contribution in [2.75, 3.05) is 14.2 Å². The van der Waals surface area contributed by atoms with Gasteiger partial charge >= 0.3 is 5.97 Å². The van der Waals surface area contributed by atoms with E-state index in [4.69, 9.17) is 4.74 Å². The first-order valence-corrected chi connectivity index (χ1v) is 8.56. The molecule has 2 bridgehead atoms. The van der Waals surface area contributed by atoms with Crippen LogP contribution in [0.15, 0.2) is 42.5 Å². The fourth-order valence-electron chi connectivity index (χ4n) is 4.75. The van der Waals surface area contributed by atoms with Gasteiger partial charge in [-0.05, 0) is 36.2 Å². The second-order valence-corrected chi connectivity index (χ2v) is 7.11. The first kappa shape index (κ1) is 15.6. The van der Waals surface area contributed by atoms with Crippen LogP contribution in [0.2, 0.25) is 0 Å². The van der Waals surface area contributed by atoms with Crippen LogP contribution in [-0.4, -0.2) is 48.3 Å². The van der Waals surface area contributed by atoms with Crippen molar-refractivity contribution in [3.63, 3.8) is 0 Å². The summed E-state index contributed by atoms with van der Waals surface area (Å²) in [7, 11) is 3.45. The largest absolute Gasteiger partial charge is 0.469 e. The molecule has 2 aliphatic rings. The molecule has 0 saturated carbocycles. The molecule has 4 nitrogen and oxygen atoms in total. The number of hydrogen-bond acceptors (Lipinski definition) is 4. The number of likely N-dealkylation sites (N-methyl/N-ethyl adjacent to an activating group) is 1. The molecule has 0 amide bonds. The number of esters is 1. The third-order valence-electron chi connectivity index (χ3n) is 5.96. The van der Waals surface area contributed by atoms with Gasteiger partial charge in [-0.15, -0.1) is 0 Å². The minimum Gasteiger partial charge on any atom is -0.469 e. The highest BCUT2D eigenvalue weighted by atomic mass is 16.5. The number of fused-ring (bicyclic) bond motifs is 3. The lowest BCUT2D eigenvalue weighted by atomic mass is 9.75. The Kier molecular flexibility index (Phi) is 3.82. The third-order valence-corrected chi connectivity index (χ3v) is 5.96. The number of methoxy groups -OCH3 is 1. The Balaban J connectivity index is 1.78. The predicted molar refractivity (Wildman–Crippen MR) is 92.8 cm³/mol. The number of rotatable bonds is 2. The van der Waals surface area contributed by atoms with Crippen molar-refractivity contribution in [3.8, 4) is 0 Å². The fraction of sp³-hybridized carbons (Fsp3) is 0.450. The van der Waals surface area contributed by atoms with Gasteiger partial charge in [-0.3, -0.25) is 9.69 Å². The van der Waals surface area contributed by atoms with Crippen LogP contribution in [0.5, 0.6) is 0 Å². The lowest BCUT2D eigenvalue weighted by Gasteiger charge is -2.42. The zero-order chi connectivity index (χ0) is 16.8. The van der Waals surface area contributed by atoms with Gasteiger partial charge < -0.3 is 9.84 Å². The molecule has 2 aromatic carbocycles. The Labute approximate surface area is 142 Å². The molecule has 2 heterocycles. The molecule has 2 fully saturated rings. The van der Waals surface area contributed by atoms with E-state index in [1.807, 2.05) is 19.2 Å². The first-order valence-electron chi connectivity index (χ1n) is 8.56. The highest BCUT2D eigenvalue weighted by Crippen LogP contribution is 2.47. The quantitative estimate of drug-likeness (QED) is 0.862. The third kappa shape index (κ3) is 2.33. The molecule has 24 heavy (non-hydrogen) atoms. The molecule has 5 atom stereocenters. The zero-order valence-corrected chi connectivity index (χ0v) is 14.1. The lowest BCUT2D eigenvalue weighted by Crippen LogP contribution is -2.51. The SMILES string of the molecule is COC(=O)[C@@H]1C2[C@H](O)CC(C[C@@H]1c1ccc3ccccc3c1)N2C. The van der Waals surface area contributed by atoms with Crippen LogP contribution < -0.4 is 0 Å². The zero-order valence-electron chi connectivity index (χ0n) is 14.1. The van der Waals surface area contributed by atoms with Crippen LogP contribution in [0.1, 0.15) is 24.3 Å². The summed E-state index contributed by atoms with van der Waals surface area (Å²) in [4.78, 5) is 14.7. The van der Waals surface area contributed by atoms with Crippen molar-refractivity contribution in [2.45, 2.75) is 36.9 Å². The normalized spacial score (nSPS) is 32.9. The summed E-state index contributed by atoms with van der Waals surface area (Å²) in [6.07, 6.45) is 1.15. The maximum atomic E-state index is 12.5. The van der Waals surface area contributed by atoms with Gasteiger partial charge in [0, 0.05) is 18.0 Å². The highest BCUT2D eigenvalue weighted by molar-refractivity contribution is 5.83. The summed E-state index contributed by atoms with van der Waals surface area (Å²) < 4.78 is 5.10. The van der Waals surface area contributed by atoms with Crippen LogP contribution >= 0.6 is 0 Å². The van der Waals surface area contributed by atoms with E-state index in [0.29, 0.717) is 6.04 Å². The molecule has 0 aliphatic carbocycles. The number of aliphatic hydroxyl groups excluding tert-OH is 1. The van der Waals surface area contributed by atoms with Gasteiger partial charge in [-0.25, -0.2) is 0 Å². The van der Waals surface area contributed by atoms with E-state index in [2.05, 4.69) is 35.2 Å². The monoisotopic (exact) mass is 325 g/mol. The van der Waals surface area contributed by atoms with Crippen molar-refractivity contribution in [3.05, 3.63) is 48.0 Å². The van der Waals surface area contributed by atoms with Gasteiger partial charge in [-0.2, -0.15) is 0 Å². The average molecular weight is 325 g/mol.